The molecule has 3 unspecified atom stereocenters. The molecule has 3 atom stereocenters. The molecule has 0 heterocycles. The molecule has 1 aliphatic carbocycles. The van der Waals surface area contributed by atoms with Crippen molar-refractivity contribution in [3.8, 4) is 0 Å². The number of hydrogen-bond donors (Lipinski definition) is 1. The summed E-state index contributed by atoms with van der Waals surface area (Å²) in [5.74, 6) is 0.906. The second-order valence-corrected chi connectivity index (χ2v) is 5.57. The molecule has 0 aliphatic heterocycles. The van der Waals surface area contributed by atoms with Crippen LogP contribution < -0.4 is 5.32 Å². The fourth-order valence-corrected chi connectivity index (χ4v) is 2.95. The molecule has 0 bridgehead atoms. The molecule has 96 valence electrons. The third-order valence-electron chi connectivity index (χ3n) is 4.13. The van der Waals surface area contributed by atoms with Crippen LogP contribution in [0.1, 0.15) is 52.4 Å². The van der Waals surface area contributed by atoms with Gasteiger partial charge in [0.05, 0.1) is 0 Å². The molecule has 0 saturated heterocycles. The van der Waals surface area contributed by atoms with Crippen molar-refractivity contribution in [3.05, 3.63) is 0 Å². The summed E-state index contributed by atoms with van der Waals surface area (Å²) in [4.78, 5) is 2.59. The zero-order chi connectivity index (χ0) is 12.0. The topological polar surface area (TPSA) is 15.3 Å². The molecule has 1 rings (SSSR count). The van der Waals surface area contributed by atoms with Crippen molar-refractivity contribution in [2.45, 2.75) is 64.5 Å². The normalized spacial score (nSPS) is 30.9. The highest BCUT2D eigenvalue weighted by Gasteiger charge is 2.29. The average Bonchev–Trinajstić information content (AvgIpc) is 2.29. The third kappa shape index (κ3) is 4.06. The Bertz CT molecular complexity index is 182. The largest absolute Gasteiger partial charge is 0.315 e. The molecule has 16 heavy (non-hydrogen) atoms. The number of hydrogen-bond acceptors (Lipinski definition) is 2. The lowest BCUT2D eigenvalue weighted by atomic mass is 9.82. The molecule has 1 aliphatic rings. The van der Waals surface area contributed by atoms with Gasteiger partial charge in [-0.1, -0.05) is 26.7 Å². The molecule has 2 heteroatoms. The Hall–Kier alpha value is -0.0800. The fraction of sp³-hybridized carbons (Fsp3) is 1.00. The maximum Gasteiger partial charge on any atom is 0.0248 e. The van der Waals surface area contributed by atoms with Gasteiger partial charge in [0.1, 0.15) is 0 Å². The lowest BCUT2D eigenvalue weighted by Gasteiger charge is -2.40. The molecule has 1 saturated carbocycles. The quantitative estimate of drug-likeness (QED) is 0.701. The second-order valence-electron chi connectivity index (χ2n) is 5.57. The molecule has 1 fully saturated rings. The Morgan fingerprint density at radius 1 is 1.25 bits per heavy atom. The molecule has 0 aromatic carbocycles. The van der Waals surface area contributed by atoms with E-state index in [1.165, 1.54) is 45.1 Å². The number of unbranched alkanes of at least 4 members (excludes halogenated alkanes) is 2. The van der Waals surface area contributed by atoms with E-state index < -0.39 is 0 Å². The molecule has 1 N–H and O–H groups in total. The Labute approximate surface area is 102 Å². The highest BCUT2D eigenvalue weighted by molar-refractivity contribution is 4.88. The van der Waals surface area contributed by atoms with Crippen molar-refractivity contribution < 1.29 is 0 Å². The van der Waals surface area contributed by atoms with E-state index in [4.69, 9.17) is 0 Å². The van der Waals surface area contributed by atoms with Crippen molar-refractivity contribution in [2.75, 3.05) is 20.6 Å². The van der Waals surface area contributed by atoms with Crippen LogP contribution in [0.2, 0.25) is 0 Å². The van der Waals surface area contributed by atoms with E-state index in [2.05, 4.69) is 38.2 Å². The average molecular weight is 226 g/mol. The van der Waals surface area contributed by atoms with Crippen LogP contribution in [0.3, 0.4) is 0 Å². The highest BCUT2D eigenvalue weighted by atomic mass is 15.2. The van der Waals surface area contributed by atoms with Crippen LogP contribution >= 0.6 is 0 Å². The molecule has 0 radical (unpaired) electrons. The molecule has 2 nitrogen and oxygen atoms in total. The van der Waals surface area contributed by atoms with E-state index in [9.17, 15) is 0 Å². The first kappa shape index (κ1) is 14.0. The van der Waals surface area contributed by atoms with Gasteiger partial charge >= 0.3 is 0 Å². The molecule has 0 amide bonds. The van der Waals surface area contributed by atoms with Crippen molar-refractivity contribution in [3.63, 3.8) is 0 Å². The van der Waals surface area contributed by atoms with Gasteiger partial charge in [-0.3, -0.25) is 0 Å². The number of rotatable bonds is 6. The van der Waals surface area contributed by atoms with Gasteiger partial charge in [0.2, 0.25) is 0 Å². The van der Waals surface area contributed by atoms with Crippen LogP contribution in [0.4, 0.5) is 0 Å². The first-order valence-corrected chi connectivity index (χ1v) is 7.06. The predicted octanol–water partition coefficient (Wildman–Crippen LogP) is 2.89. The van der Waals surface area contributed by atoms with Gasteiger partial charge in [-0.2, -0.15) is 0 Å². The van der Waals surface area contributed by atoms with Crippen molar-refractivity contribution in [1.82, 2.24) is 10.2 Å². The van der Waals surface area contributed by atoms with Gasteiger partial charge in [0.15, 0.2) is 0 Å². The maximum atomic E-state index is 3.50. The Balaban J connectivity index is 2.39. The third-order valence-corrected chi connectivity index (χ3v) is 4.13. The summed E-state index contributed by atoms with van der Waals surface area (Å²) >= 11 is 0. The van der Waals surface area contributed by atoms with Crippen LogP contribution in [0.25, 0.3) is 0 Å². The van der Waals surface area contributed by atoms with E-state index in [1.54, 1.807) is 0 Å². The summed E-state index contributed by atoms with van der Waals surface area (Å²) in [7, 11) is 4.43. The van der Waals surface area contributed by atoms with Crippen molar-refractivity contribution in [2.24, 2.45) is 5.92 Å². The first-order valence-electron chi connectivity index (χ1n) is 7.06. The SMILES string of the molecule is CCCCCN(C)C1CC(C)CCC1NC. The summed E-state index contributed by atoms with van der Waals surface area (Å²) in [5, 5.41) is 3.50. The predicted molar refractivity (Wildman–Crippen MR) is 71.8 cm³/mol. The van der Waals surface area contributed by atoms with Gasteiger partial charge in [-0.15, -0.1) is 0 Å². The van der Waals surface area contributed by atoms with E-state index >= 15 is 0 Å². The van der Waals surface area contributed by atoms with Gasteiger partial charge in [-0.25, -0.2) is 0 Å². The van der Waals surface area contributed by atoms with Crippen LogP contribution in [-0.4, -0.2) is 37.6 Å². The summed E-state index contributed by atoms with van der Waals surface area (Å²) < 4.78 is 0. The second kappa shape index (κ2) is 7.29. The molecular formula is C14H30N2. The maximum absolute atomic E-state index is 3.50. The van der Waals surface area contributed by atoms with Crippen LogP contribution in [-0.2, 0) is 0 Å². The minimum absolute atomic E-state index is 0.711. The molecular weight excluding hydrogens is 196 g/mol. The number of nitrogens with one attached hydrogen (secondary N) is 1. The molecule has 0 spiro atoms. The van der Waals surface area contributed by atoms with Crippen LogP contribution in [0, 0.1) is 5.92 Å². The zero-order valence-corrected chi connectivity index (χ0v) is 11.6. The summed E-state index contributed by atoms with van der Waals surface area (Å²) in [6, 6.07) is 1.47. The van der Waals surface area contributed by atoms with E-state index in [0.29, 0.717) is 6.04 Å². The van der Waals surface area contributed by atoms with E-state index in [-0.39, 0.29) is 0 Å². The van der Waals surface area contributed by atoms with Crippen molar-refractivity contribution >= 4 is 0 Å². The fourth-order valence-electron chi connectivity index (χ4n) is 2.95. The van der Waals surface area contributed by atoms with Gasteiger partial charge < -0.3 is 10.2 Å². The van der Waals surface area contributed by atoms with Crippen molar-refractivity contribution in [1.29, 1.82) is 0 Å². The summed E-state index contributed by atoms with van der Waals surface area (Å²) in [6.07, 6.45) is 8.16. The number of nitrogens with zero attached hydrogens (tertiary/aromatic N) is 1. The Morgan fingerprint density at radius 3 is 2.62 bits per heavy atom. The Morgan fingerprint density at radius 2 is 2.00 bits per heavy atom. The first-order chi connectivity index (χ1) is 7.69. The molecule has 0 aromatic heterocycles. The monoisotopic (exact) mass is 226 g/mol. The van der Waals surface area contributed by atoms with E-state index in [1.807, 2.05) is 0 Å². The zero-order valence-electron chi connectivity index (χ0n) is 11.6. The van der Waals surface area contributed by atoms with Crippen LogP contribution in [0.5, 0.6) is 0 Å². The summed E-state index contributed by atoms with van der Waals surface area (Å²) in [6.45, 7) is 5.95. The Kier molecular flexibility index (Phi) is 6.37. The standard InChI is InChI=1S/C14H30N2/c1-5-6-7-10-16(4)14-11-12(2)8-9-13(14)15-3/h12-15H,5-11H2,1-4H3. The highest BCUT2D eigenvalue weighted by Crippen LogP contribution is 2.27. The minimum atomic E-state index is 0.711. The lowest BCUT2D eigenvalue weighted by molar-refractivity contribution is 0.127. The van der Waals surface area contributed by atoms with Gasteiger partial charge in [-0.05, 0) is 52.2 Å². The van der Waals surface area contributed by atoms with Crippen LogP contribution in [0.15, 0.2) is 0 Å². The smallest absolute Gasteiger partial charge is 0.0248 e. The molecule has 0 aromatic rings. The van der Waals surface area contributed by atoms with Gasteiger partial charge in [0, 0.05) is 12.1 Å². The lowest BCUT2D eigenvalue weighted by Crippen LogP contribution is -2.51. The minimum Gasteiger partial charge on any atom is -0.315 e. The summed E-state index contributed by atoms with van der Waals surface area (Å²) in [5.41, 5.74) is 0. The van der Waals surface area contributed by atoms with Gasteiger partial charge in [0.25, 0.3) is 0 Å². The van der Waals surface area contributed by atoms with E-state index in [0.717, 1.165) is 12.0 Å². The number of likely N-dealkylation sites (N-methyl/N-ethyl adjacent to an activating group) is 2.